The first-order valence-corrected chi connectivity index (χ1v) is 9.11. The number of halogens is 1. The highest BCUT2D eigenvalue weighted by Crippen LogP contribution is 2.20. The summed E-state index contributed by atoms with van der Waals surface area (Å²) in [5, 5.41) is 0. The number of anilines is 1. The van der Waals surface area contributed by atoms with Crippen LogP contribution in [0.3, 0.4) is 0 Å². The zero-order valence-electron chi connectivity index (χ0n) is 13.5. The van der Waals surface area contributed by atoms with E-state index in [1.807, 2.05) is 0 Å². The molecule has 9 heteroatoms. The van der Waals surface area contributed by atoms with Crippen LogP contribution in [-0.4, -0.2) is 36.7 Å². The summed E-state index contributed by atoms with van der Waals surface area (Å²) in [4.78, 5) is 12.3. The summed E-state index contributed by atoms with van der Waals surface area (Å²) < 4.78 is 44.4. The van der Waals surface area contributed by atoms with E-state index in [9.17, 15) is 12.8 Å². The molecule has 3 rings (SSSR count). The average Bonchev–Trinajstić information content (AvgIpc) is 2.68. The Hall–Kier alpha value is -3.07. The minimum absolute atomic E-state index is 0.0462. The highest BCUT2D eigenvalue weighted by molar-refractivity contribution is 7.92. The molecule has 7 nitrogen and oxygen atoms in total. The van der Waals surface area contributed by atoms with Gasteiger partial charge in [-0.25, -0.2) is 17.8 Å². The number of sulfonamides is 1. The van der Waals surface area contributed by atoms with Gasteiger partial charge in [0.05, 0.1) is 16.8 Å². The maximum Gasteiger partial charge on any atom is 0.263 e. The van der Waals surface area contributed by atoms with Crippen LogP contribution in [0.15, 0.2) is 66.1 Å². The molecule has 3 aromatic rings. The van der Waals surface area contributed by atoms with Crippen LogP contribution in [0.5, 0.6) is 5.75 Å². The van der Waals surface area contributed by atoms with Gasteiger partial charge in [-0.05, 0) is 36.4 Å². The highest BCUT2D eigenvalue weighted by atomic mass is 32.2. The number of alkyl halides is 1. The Labute approximate surface area is 150 Å². The van der Waals surface area contributed by atoms with Crippen molar-refractivity contribution < 1.29 is 17.5 Å². The van der Waals surface area contributed by atoms with Gasteiger partial charge in [0.25, 0.3) is 10.0 Å². The molecule has 0 spiro atoms. The average molecular weight is 374 g/mol. The lowest BCUT2D eigenvalue weighted by atomic mass is 10.2. The largest absolute Gasteiger partial charge is 0.491 e. The summed E-state index contributed by atoms with van der Waals surface area (Å²) in [6, 6.07) is 8.93. The molecular weight excluding hydrogens is 359 g/mol. The maximum atomic E-state index is 12.4. The number of nitrogens with zero attached hydrogens (tertiary/aromatic N) is 3. The molecule has 0 fully saturated rings. The first kappa shape index (κ1) is 17.7. The fraction of sp³-hybridized carbons (Fsp3) is 0.118. The Kier molecular flexibility index (Phi) is 5.37. The van der Waals surface area contributed by atoms with Crippen LogP contribution in [-0.2, 0) is 10.0 Å². The molecule has 1 aromatic carbocycles. The van der Waals surface area contributed by atoms with Gasteiger partial charge in [-0.3, -0.25) is 14.7 Å². The van der Waals surface area contributed by atoms with Crippen molar-refractivity contribution in [1.29, 1.82) is 0 Å². The van der Waals surface area contributed by atoms with Gasteiger partial charge in [0, 0.05) is 24.2 Å². The van der Waals surface area contributed by atoms with Gasteiger partial charge in [0.1, 0.15) is 24.8 Å². The van der Waals surface area contributed by atoms with E-state index in [1.54, 1.807) is 30.7 Å². The lowest BCUT2D eigenvalue weighted by Crippen LogP contribution is -2.13. The van der Waals surface area contributed by atoms with Crippen molar-refractivity contribution >= 4 is 15.8 Å². The molecule has 134 valence electrons. The fourth-order valence-corrected chi connectivity index (χ4v) is 3.13. The Bertz CT molecular complexity index is 950. The number of rotatable bonds is 7. The van der Waals surface area contributed by atoms with Crippen molar-refractivity contribution in [3.05, 3.63) is 61.2 Å². The van der Waals surface area contributed by atoms with Gasteiger partial charge >= 0.3 is 0 Å². The van der Waals surface area contributed by atoms with Gasteiger partial charge in [-0.15, -0.1) is 0 Å². The molecular formula is C17H15FN4O3S. The molecule has 0 unspecified atom stereocenters. The molecule has 2 heterocycles. The molecule has 0 atom stereocenters. The normalized spacial score (nSPS) is 11.1. The molecule has 1 N–H and O–H groups in total. The number of hydrogen-bond donors (Lipinski definition) is 1. The van der Waals surface area contributed by atoms with Crippen LogP contribution in [0.2, 0.25) is 0 Å². The van der Waals surface area contributed by atoms with Crippen LogP contribution in [0.25, 0.3) is 11.3 Å². The molecule has 0 saturated carbocycles. The Morgan fingerprint density at radius 1 is 1.00 bits per heavy atom. The van der Waals surface area contributed by atoms with E-state index in [-0.39, 0.29) is 17.3 Å². The summed E-state index contributed by atoms with van der Waals surface area (Å²) in [7, 11) is -3.80. The number of nitrogens with one attached hydrogen (secondary N) is 1. The van der Waals surface area contributed by atoms with Crippen LogP contribution in [0.1, 0.15) is 0 Å². The summed E-state index contributed by atoms with van der Waals surface area (Å²) in [5.74, 6) is 0.573. The van der Waals surface area contributed by atoms with Crippen molar-refractivity contribution in [3.63, 3.8) is 0 Å². The molecule has 0 saturated heterocycles. The van der Waals surface area contributed by atoms with E-state index in [1.165, 1.54) is 30.5 Å². The predicted molar refractivity (Wildman–Crippen MR) is 94.0 cm³/mol. The van der Waals surface area contributed by atoms with Gasteiger partial charge in [-0.2, -0.15) is 0 Å². The minimum atomic E-state index is -3.80. The molecule has 0 aliphatic carbocycles. The number of pyridine rings is 1. The minimum Gasteiger partial charge on any atom is -0.491 e. The highest BCUT2D eigenvalue weighted by Gasteiger charge is 2.15. The number of aromatic nitrogens is 3. The van der Waals surface area contributed by atoms with Crippen molar-refractivity contribution in [3.8, 4) is 17.0 Å². The number of hydrogen-bond acceptors (Lipinski definition) is 6. The Morgan fingerprint density at radius 3 is 2.42 bits per heavy atom. The van der Waals surface area contributed by atoms with Crippen molar-refractivity contribution in [2.45, 2.75) is 4.90 Å². The third-order valence-corrected chi connectivity index (χ3v) is 4.71. The quantitative estimate of drug-likeness (QED) is 0.683. The zero-order valence-corrected chi connectivity index (χ0v) is 14.4. The van der Waals surface area contributed by atoms with Crippen LogP contribution < -0.4 is 9.46 Å². The second-order valence-electron chi connectivity index (χ2n) is 5.14. The first-order valence-electron chi connectivity index (χ1n) is 7.62. The first-order chi connectivity index (χ1) is 12.6. The van der Waals surface area contributed by atoms with Gasteiger partial charge in [0.15, 0.2) is 0 Å². The van der Waals surface area contributed by atoms with Crippen molar-refractivity contribution in [1.82, 2.24) is 15.0 Å². The molecule has 0 aliphatic rings. The summed E-state index contributed by atoms with van der Waals surface area (Å²) in [6.07, 6.45) is 6.23. The zero-order chi connectivity index (χ0) is 18.4. The Balaban J connectivity index is 1.73. The second kappa shape index (κ2) is 7.87. The summed E-state index contributed by atoms with van der Waals surface area (Å²) in [6.45, 7) is -0.690. The van der Waals surface area contributed by atoms with Crippen LogP contribution in [0.4, 0.5) is 10.2 Å². The monoisotopic (exact) mass is 374 g/mol. The summed E-state index contributed by atoms with van der Waals surface area (Å²) >= 11 is 0. The van der Waals surface area contributed by atoms with E-state index < -0.39 is 16.7 Å². The fourth-order valence-electron chi connectivity index (χ4n) is 2.12. The second-order valence-corrected chi connectivity index (χ2v) is 6.82. The smallest absolute Gasteiger partial charge is 0.263 e. The third-order valence-electron chi connectivity index (χ3n) is 3.34. The van der Waals surface area contributed by atoms with Crippen LogP contribution in [0, 0.1) is 0 Å². The molecule has 0 aliphatic heterocycles. The predicted octanol–water partition coefficient (Wildman–Crippen LogP) is 2.69. The maximum absolute atomic E-state index is 12.4. The van der Waals surface area contributed by atoms with Crippen molar-refractivity contribution in [2.24, 2.45) is 0 Å². The molecule has 0 bridgehead atoms. The van der Waals surface area contributed by atoms with E-state index in [0.717, 1.165) is 5.56 Å². The van der Waals surface area contributed by atoms with Gasteiger partial charge < -0.3 is 4.74 Å². The van der Waals surface area contributed by atoms with Crippen molar-refractivity contribution in [2.75, 3.05) is 18.0 Å². The SMILES string of the molecule is O=S(=O)(Nc1ccc(-c2cnccn2)cn1)c1ccc(OCCF)cc1. The topological polar surface area (TPSA) is 94.1 Å². The molecule has 2 aromatic heterocycles. The standard InChI is InChI=1S/C17H15FN4O3S/c18-7-10-25-14-2-4-15(5-3-14)26(23,24)22-17-6-1-13(11-21-17)16-12-19-8-9-20-16/h1-6,8-9,11-12H,7,10H2,(H,21,22). The lowest BCUT2D eigenvalue weighted by Gasteiger charge is -2.09. The molecule has 26 heavy (non-hydrogen) atoms. The van der Waals surface area contributed by atoms with E-state index in [4.69, 9.17) is 4.74 Å². The lowest BCUT2D eigenvalue weighted by molar-refractivity contribution is 0.273. The summed E-state index contributed by atoms with van der Waals surface area (Å²) in [5.41, 5.74) is 1.36. The van der Waals surface area contributed by atoms with Crippen LogP contribution >= 0.6 is 0 Å². The van der Waals surface area contributed by atoms with E-state index in [0.29, 0.717) is 11.4 Å². The van der Waals surface area contributed by atoms with E-state index in [2.05, 4.69) is 19.7 Å². The number of ether oxygens (including phenoxy) is 1. The van der Waals surface area contributed by atoms with E-state index >= 15 is 0 Å². The Morgan fingerprint density at radius 2 is 1.81 bits per heavy atom. The van der Waals surface area contributed by atoms with Gasteiger partial charge in [-0.1, -0.05) is 0 Å². The molecule has 0 amide bonds. The van der Waals surface area contributed by atoms with Gasteiger partial charge in [0.2, 0.25) is 0 Å². The molecule has 0 radical (unpaired) electrons. The number of benzene rings is 1. The third kappa shape index (κ3) is 4.31.